The first-order valence-corrected chi connectivity index (χ1v) is 9.16. The average molecular weight is 346 g/mol. The first-order valence-electron chi connectivity index (χ1n) is 8.28. The summed E-state index contributed by atoms with van der Waals surface area (Å²) < 4.78 is 5.46. The smallest absolute Gasteiger partial charge is 0.307 e. The van der Waals surface area contributed by atoms with Crippen molar-refractivity contribution in [1.82, 2.24) is 9.88 Å². The van der Waals surface area contributed by atoms with Gasteiger partial charge < -0.3 is 9.84 Å². The standard InChI is InChI=1S/C18H22N2O3S/c1-2-23-16-7-5-13(6-8-16)17-19-15(12-24-17)11-20-9-3-4-14(10-20)18(21)22/h5-8,12,14H,2-4,9-11H2,1H3,(H,21,22). The van der Waals surface area contributed by atoms with Gasteiger partial charge in [0.05, 0.1) is 18.2 Å². The molecular formula is C18H22N2O3S. The van der Waals surface area contributed by atoms with Gasteiger partial charge in [-0.15, -0.1) is 11.3 Å². The lowest BCUT2D eigenvalue weighted by atomic mass is 9.98. The summed E-state index contributed by atoms with van der Waals surface area (Å²) in [5, 5.41) is 12.2. The van der Waals surface area contributed by atoms with Crippen LogP contribution >= 0.6 is 11.3 Å². The SMILES string of the molecule is CCOc1ccc(-c2nc(CN3CCCC(C(=O)O)C3)cs2)cc1. The van der Waals surface area contributed by atoms with Crippen LogP contribution in [0, 0.1) is 5.92 Å². The summed E-state index contributed by atoms with van der Waals surface area (Å²) >= 11 is 1.62. The number of benzene rings is 1. The molecule has 2 heterocycles. The van der Waals surface area contributed by atoms with Gasteiger partial charge in [-0.1, -0.05) is 0 Å². The predicted molar refractivity (Wildman–Crippen MR) is 94.4 cm³/mol. The van der Waals surface area contributed by atoms with Gasteiger partial charge in [0, 0.05) is 24.0 Å². The van der Waals surface area contributed by atoms with E-state index in [9.17, 15) is 9.90 Å². The van der Waals surface area contributed by atoms with E-state index in [-0.39, 0.29) is 5.92 Å². The maximum atomic E-state index is 11.2. The number of aliphatic carboxylic acids is 1. The number of likely N-dealkylation sites (tertiary alicyclic amines) is 1. The van der Waals surface area contributed by atoms with Crippen molar-refractivity contribution < 1.29 is 14.6 Å². The van der Waals surface area contributed by atoms with E-state index in [1.807, 2.05) is 31.2 Å². The Hall–Kier alpha value is -1.92. The van der Waals surface area contributed by atoms with Crippen molar-refractivity contribution in [1.29, 1.82) is 0 Å². The zero-order chi connectivity index (χ0) is 16.9. The quantitative estimate of drug-likeness (QED) is 0.867. The van der Waals surface area contributed by atoms with Crippen LogP contribution in [0.4, 0.5) is 0 Å². The third kappa shape index (κ3) is 4.13. The van der Waals surface area contributed by atoms with Gasteiger partial charge in [0.25, 0.3) is 0 Å². The van der Waals surface area contributed by atoms with Crippen LogP contribution in [-0.2, 0) is 11.3 Å². The largest absolute Gasteiger partial charge is 0.494 e. The fourth-order valence-electron chi connectivity index (χ4n) is 3.00. The maximum Gasteiger partial charge on any atom is 0.307 e. The molecule has 0 aliphatic carbocycles. The molecule has 0 bridgehead atoms. The lowest BCUT2D eigenvalue weighted by molar-refractivity contribution is -0.143. The highest BCUT2D eigenvalue weighted by Crippen LogP contribution is 2.27. The molecule has 1 aliphatic heterocycles. The van der Waals surface area contributed by atoms with Crippen LogP contribution in [-0.4, -0.2) is 40.7 Å². The summed E-state index contributed by atoms with van der Waals surface area (Å²) in [6.45, 7) is 4.91. The number of rotatable bonds is 6. The summed E-state index contributed by atoms with van der Waals surface area (Å²) in [5.74, 6) is -0.0675. The van der Waals surface area contributed by atoms with E-state index in [0.29, 0.717) is 13.2 Å². The maximum absolute atomic E-state index is 11.2. The van der Waals surface area contributed by atoms with Gasteiger partial charge in [0.1, 0.15) is 10.8 Å². The summed E-state index contributed by atoms with van der Waals surface area (Å²) in [4.78, 5) is 18.1. The number of thiazole rings is 1. The molecule has 128 valence electrons. The van der Waals surface area contributed by atoms with Crippen LogP contribution in [0.25, 0.3) is 10.6 Å². The highest BCUT2D eigenvalue weighted by atomic mass is 32.1. The van der Waals surface area contributed by atoms with E-state index in [4.69, 9.17) is 9.72 Å². The number of carboxylic acids is 1. The van der Waals surface area contributed by atoms with Crippen molar-refractivity contribution in [3.05, 3.63) is 35.3 Å². The number of hydrogen-bond acceptors (Lipinski definition) is 5. The van der Waals surface area contributed by atoms with Gasteiger partial charge >= 0.3 is 5.97 Å². The third-order valence-corrected chi connectivity index (χ3v) is 5.14. The van der Waals surface area contributed by atoms with E-state index < -0.39 is 5.97 Å². The van der Waals surface area contributed by atoms with E-state index in [2.05, 4.69) is 10.3 Å². The number of ether oxygens (including phenoxy) is 1. The fraction of sp³-hybridized carbons (Fsp3) is 0.444. The zero-order valence-corrected chi connectivity index (χ0v) is 14.6. The molecule has 1 aliphatic rings. The van der Waals surface area contributed by atoms with Gasteiger partial charge in [0.2, 0.25) is 0 Å². The molecule has 1 aromatic carbocycles. The second-order valence-electron chi connectivity index (χ2n) is 6.01. The normalized spacial score (nSPS) is 18.5. The molecule has 6 heteroatoms. The molecule has 0 saturated carbocycles. The molecule has 2 aromatic rings. The van der Waals surface area contributed by atoms with E-state index in [1.54, 1.807) is 11.3 Å². The minimum absolute atomic E-state index is 0.247. The zero-order valence-electron chi connectivity index (χ0n) is 13.8. The van der Waals surface area contributed by atoms with Crippen molar-refractivity contribution in [3.63, 3.8) is 0 Å². The molecule has 24 heavy (non-hydrogen) atoms. The molecule has 1 fully saturated rings. The fourth-order valence-corrected chi connectivity index (χ4v) is 3.82. The molecule has 1 aromatic heterocycles. The number of carboxylic acid groups (broad SMARTS) is 1. The van der Waals surface area contributed by atoms with Crippen molar-refractivity contribution in [3.8, 4) is 16.3 Å². The first-order chi connectivity index (χ1) is 11.7. The topological polar surface area (TPSA) is 62.7 Å². The minimum atomic E-state index is -0.687. The molecule has 1 saturated heterocycles. The molecule has 0 spiro atoms. The van der Waals surface area contributed by atoms with Crippen LogP contribution in [0.1, 0.15) is 25.5 Å². The average Bonchev–Trinajstić information content (AvgIpc) is 3.04. The molecule has 5 nitrogen and oxygen atoms in total. The summed E-state index contributed by atoms with van der Waals surface area (Å²) in [6, 6.07) is 7.97. The molecule has 0 radical (unpaired) electrons. The van der Waals surface area contributed by atoms with Gasteiger partial charge in [0.15, 0.2) is 0 Å². The number of nitrogens with zero attached hydrogens (tertiary/aromatic N) is 2. The van der Waals surface area contributed by atoms with Gasteiger partial charge in [-0.25, -0.2) is 4.98 Å². The summed E-state index contributed by atoms with van der Waals surface area (Å²) in [6.07, 6.45) is 1.72. The molecule has 1 atom stereocenters. The Balaban J connectivity index is 1.64. The second kappa shape index (κ2) is 7.77. The number of piperidine rings is 1. The Labute approximate surface area is 145 Å². The molecular weight excluding hydrogens is 324 g/mol. The monoisotopic (exact) mass is 346 g/mol. The van der Waals surface area contributed by atoms with E-state index in [1.165, 1.54) is 0 Å². The van der Waals surface area contributed by atoms with Gasteiger partial charge in [-0.2, -0.15) is 0 Å². The first kappa shape index (κ1) is 16.9. The molecule has 1 unspecified atom stereocenters. The Morgan fingerprint density at radius 1 is 1.42 bits per heavy atom. The molecule has 1 N–H and O–H groups in total. The number of hydrogen-bond donors (Lipinski definition) is 1. The Morgan fingerprint density at radius 2 is 2.21 bits per heavy atom. The Kier molecular flexibility index (Phi) is 5.48. The highest BCUT2D eigenvalue weighted by molar-refractivity contribution is 7.13. The number of aromatic nitrogens is 1. The summed E-state index contributed by atoms with van der Waals surface area (Å²) in [7, 11) is 0. The minimum Gasteiger partial charge on any atom is -0.494 e. The Morgan fingerprint density at radius 3 is 2.92 bits per heavy atom. The second-order valence-corrected chi connectivity index (χ2v) is 6.87. The van der Waals surface area contributed by atoms with E-state index >= 15 is 0 Å². The molecule has 0 amide bonds. The van der Waals surface area contributed by atoms with Gasteiger partial charge in [-0.05, 0) is 50.6 Å². The van der Waals surface area contributed by atoms with Crippen molar-refractivity contribution in [2.24, 2.45) is 5.92 Å². The van der Waals surface area contributed by atoms with E-state index in [0.717, 1.165) is 47.9 Å². The lowest BCUT2D eigenvalue weighted by Gasteiger charge is -2.29. The third-order valence-electron chi connectivity index (χ3n) is 4.20. The summed E-state index contributed by atoms with van der Waals surface area (Å²) in [5.41, 5.74) is 2.09. The Bertz CT molecular complexity index is 684. The van der Waals surface area contributed by atoms with Gasteiger partial charge in [-0.3, -0.25) is 9.69 Å². The van der Waals surface area contributed by atoms with Crippen molar-refractivity contribution in [2.45, 2.75) is 26.3 Å². The predicted octanol–water partition coefficient (Wildman–Crippen LogP) is 3.51. The van der Waals surface area contributed by atoms with Crippen LogP contribution in [0.15, 0.2) is 29.6 Å². The highest BCUT2D eigenvalue weighted by Gasteiger charge is 2.25. The van der Waals surface area contributed by atoms with Crippen LogP contribution in [0.2, 0.25) is 0 Å². The van der Waals surface area contributed by atoms with Crippen molar-refractivity contribution >= 4 is 17.3 Å². The molecule has 3 rings (SSSR count). The van der Waals surface area contributed by atoms with Crippen LogP contribution in [0.5, 0.6) is 5.75 Å². The van der Waals surface area contributed by atoms with Crippen LogP contribution < -0.4 is 4.74 Å². The van der Waals surface area contributed by atoms with Crippen molar-refractivity contribution in [2.75, 3.05) is 19.7 Å². The number of carbonyl (C=O) groups is 1. The van der Waals surface area contributed by atoms with Crippen LogP contribution in [0.3, 0.4) is 0 Å². The lowest BCUT2D eigenvalue weighted by Crippen LogP contribution is -2.38.